The SMILES string of the molecule is CCC(CC)(CC)NC(=O)c1cccc2c1OCCN2. The van der Waals surface area contributed by atoms with Gasteiger partial charge in [0.25, 0.3) is 5.91 Å². The van der Waals surface area contributed by atoms with Gasteiger partial charge in [0.05, 0.1) is 11.3 Å². The topological polar surface area (TPSA) is 50.4 Å². The van der Waals surface area contributed by atoms with Crippen molar-refractivity contribution in [2.45, 2.75) is 45.6 Å². The molecule has 1 aromatic rings. The predicted octanol–water partition coefficient (Wildman–Crippen LogP) is 3.19. The molecule has 0 aliphatic carbocycles. The van der Waals surface area contributed by atoms with Crippen LogP contribution in [0.4, 0.5) is 5.69 Å². The Morgan fingerprint density at radius 1 is 1.30 bits per heavy atom. The first-order valence-electron chi connectivity index (χ1n) is 7.48. The number of carbonyl (C=O) groups is 1. The van der Waals surface area contributed by atoms with Gasteiger partial charge in [-0.1, -0.05) is 26.8 Å². The minimum Gasteiger partial charge on any atom is -0.489 e. The Balaban J connectivity index is 2.25. The van der Waals surface area contributed by atoms with Crippen molar-refractivity contribution in [3.05, 3.63) is 23.8 Å². The van der Waals surface area contributed by atoms with Gasteiger partial charge in [0.2, 0.25) is 0 Å². The minimum absolute atomic E-state index is 0.0453. The van der Waals surface area contributed by atoms with Crippen LogP contribution < -0.4 is 15.4 Å². The first-order chi connectivity index (χ1) is 9.65. The summed E-state index contributed by atoms with van der Waals surface area (Å²) in [5.74, 6) is 0.629. The van der Waals surface area contributed by atoms with E-state index in [0.717, 1.165) is 31.5 Å². The molecular weight excluding hydrogens is 252 g/mol. The van der Waals surface area contributed by atoms with Crippen LogP contribution >= 0.6 is 0 Å². The lowest BCUT2D eigenvalue weighted by atomic mass is 9.89. The van der Waals surface area contributed by atoms with E-state index in [0.29, 0.717) is 17.9 Å². The molecule has 0 atom stereocenters. The highest BCUT2D eigenvalue weighted by molar-refractivity contribution is 5.99. The smallest absolute Gasteiger partial charge is 0.255 e. The van der Waals surface area contributed by atoms with E-state index in [4.69, 9.17) is 4.74 Å². The molecule has 0 bridgehead atoms. The quantitative estimate of drug-likeness (QED) is 0.868. The summed E-state index contributed by atoms with van der Waals surface area (Å²) in [4.78, 5) is 12.6. The minimum atomic E-state index is -0.123. The lowest BCUT2D eigenvalue weighted by molar-refractivity contribution is 0.0884. The van der Waals surface area contributed by atoms with Crippen LogP contribution in [0.15, 0.2) is 18.2 Å². The molecule has 1 aromatic carbocycles. The van der Waals surface area contributed by atoms with Gasteiger partial charge in [-0.05, 0) is 31.4 Å². The maximum atomic E-state index is 12.6. The van der Waals surface area contributed by atoms with Crippen LogP contribution in [0.2, 0.25) is 0 Å². The fraction of sp³-hybridized carbons (Fsp3) is 0.562. The van der Waals surface area contributed by atoms with Crippen molar-refractivity contribution in [2.75, 3.05) is 18.5 Å². The molecule has 0 saturated heterocycles. The van der Waals surface area contributed by atoms with Gasteiger partial charge in [0, 0.05) is 12.1 Å². The summed E-state index contributed by atoms with van der Waals surface area (Å²) >= 11 is 0. The first kappa shape index (κ1) is 14.7. The van der Waals surface area contributed by atoms with Crippen molar-refractivity contribution in [3.8, 4) is 5.75 Å². The molecule has 2 rings (SSSR count). The number of para-hydroxylation sites is 1. The number of hydrogen-bond acceptors (Lipinski definition) is 3. The number of amides is 1. The molecule has 1 aliphatic rings. The van der Waals surface area contributed by atoms with E-state index in [1.165, 1.54) is 0 Å². The maximum Gasteiger partial charge on any atom is 0.255 e. The molecule has 4 heteroatoms. The van der Waals surface area contributed by atoms with Gasteiger partial charge < -0.3 is 15.4 Å². The fourth-order valence-corrected chi connectivity index (χ4v) is 2.67. The molecule has 1 aliphatic heterocycles. The molecule has 0 fully saturated rings. The second-order valence-electron chi connectivity index (χ2n) is 5.25. The summed E-state index contributed by atoms with van der Waals surface area (Å²) in [6.07, 6.45) is 2.79. The number of fused-ring (bicyclic) bond motifs is 1. The van der Waals surface area contributed by atoms with Crippen LogP contribution in [-0.2, 0) is 0 Å². The van der Waals surface area contributed by atoms with Crippen molar-refractivity contribution in [1.29, 1.82) is 0 Å². The van der Waals surface area contributed by atoms with Gasteiger partial charge in [-0.15, -0.1) is 0 Å². The van der Waals surface area contributed by atoms with Gasteiger partial charge in [0.15, 0.2) is 5.75 Å². The second kappa shape index (κ2) is 6.16. The van der Waals surface area contributed by atoms with Gasteiger partial charge in [-0.25, -0.2) is 0 Å². The third kappa shape index (κ3) is 2.74. The first-order valence-corrected chi connectivity index (χ1v) is 7.48. The molecule has 110 valence electrons. The van der Waals surface area contributed by atoms with Crippen molar-refractivity contribution >= 4 is 11.6 Å². The number of carbonyl (C=O) groups excluding carboxylic acids is 1. The van der Waals surface area contributed by atoms with Crippen LogP contribution in [0.5, 0.6) is 5.75 Å². The van der Waals surface area contributed by atoms with E-state index >= 15 is 0 Å². The highest BCUT2D eigenvalue weighted by Crippen LogP contribution is 2.32. The number of hydrogen-bond donors (Lipinski definition) is 2. The van der Waals surface area contributed by atoms with Crippen LogP contribution in [0.25, 0.3) is 0 Å². The van der Waals surface area contributed by atoms with Crippen LogP contribution in [-0.4, -0.2) is 24.6 Å². The lowest BCUT2D eigenvalue weighted by Gasteiger charge is -2.32. The molecule has 0 radical (unpaired) electrons. The fourth-order valence-electron chi connectivity index (χ4n) is 2.67. The highest BCUT2D eigenvalue weighted by atomic mass is 16.5. The molecule has 0 aromatic heterocycles. The Bertz CT molecular complexity index is 473. The average molecular weight is 276 g/mol. The highest BCUT2D eigenvalue weighted by Gasteiger charge is 2.28. The standard InChI is InChI=1S/C16H24N2O2/c1-4-16(5-2,6-3)18-15(19)12-8-7-9-13-14(12)20-11-10-17-13/h7-9,17H,4-6,10-11H2,1-3H3,(H,18,19). The molecule has 1 amide bonds. The summed E-state index contributed by atoms with van der Waals surface area (Å²) < 4.78 is 5.67. The summed E-state index contributed by atoms with van der Waals surface area (Å²) in [5, 5.41) is 6.46. The largest absolute Gasteiger partial charge is 0.489 e. The molecule has 1 heterocycles. The molecular formula is C16H24N2O2. The Kier molecular flexibility index (Phi) is 4.53. The zero-order valence-corrected chi connectivity index (χ0v) is 12.6. The van der Waals surface area contributed by atoms with Gasteiger partial charge >= 0.3 is 0 Å². The van der Waals surface area contributed by atoms with Gasteiger partial charge in [0.1, 0.15) is 6.61 Å². The molecule has 20 heavy (non-hydrogen) atoms. The maximum absolute atomic E-state index is 12.6. The van der Waals surface area contributed by atoms with E-state index in [1.54, 1.807) is 0 Å². The van der Waals surface area contributed by atoms with Gasteiger partial charge in [-0.3, -0.25) is 4.79 Å². The molecule has 2 N–H and O–H groups in total. The number of nitrogens with one attached hydrogen (secondary N) is 2. The van der Waals surface area contributed by atoms with E-state index < -0.39 is 0 Å². The monoisotopic (exact) mass is 276 g/mol. The number of ether oxygens (including phenoxy) is 1. The molecule has 0 unspecified atom stereocenters. The second-order valence-corrected chi connectivity index (χ2v) is 5.25. The Morgan fingerprint density at radius 3 is 2.65 bits per heavy atom. The van der Waals surface area contributed by atoms with Crippen molar-refractivity contribution in [3.63, 3.8) is 0 Å². The normalized spacial score (nSPS) is 13.9. The summed E-state index contributed by atoms with van der Waals surface area (Å²) in [6, 6.07) is 5.66. The average Bonchev–Trinajstić information content (AvgIpc) is 2.52. The van der Waals surface area contributed by atoms with Crippen LogP contribution in [0.3, 0.4) is 0 Å². The lowest BCUT2D eigenvalue weighted by Crippen LogP contribution is -2.47. The number of rotatable bonds is 5. The van der Waals surface area contributed by atoms with E-state index in [2.05, 4.69) is 31.4 Å². The van der Waals surface area contributed by atoms with Crippen LogP contribution in [0, 0.1) is 0 Å². The Hall–Kier alpha value is -1.71. The van der Waals surface area contributed by atoms with E-state index in [-0.39, 0.29) is 11.4 Å². The molecule has 4 nitrogen and oxygen atoms in total. The third-order valence-corrected chi connectivity index (χ3v) is 4.33. The Morgan fingerprint density at radius 2 is 2.00 bits per heavy atom. The molecule has 0 saturated carbocycles. The molecule has 0 spiro atoms. The number of anilines is 1. The predicted molar refractivity (Wildman–Crippen MR) is 81.5 cm³/mol. The third-order valence-electron chi connectivity index (χ3n) is 4.33. The summed E-state index contributed by atoms with van der Waals surface area (Å²) in [7, 11) is 0. The Labute approximate surface area is 120 Å². The summed E-state index contributed by atoms with van der Waals surface area (Å²) in [5.41, 5.74) is 1.40. The van der Waals surface area contributed by atoms with Crippen LogP contribution in [0.1, 0.15) is 50.4 Å². The van der Waals surface area contributed by atoms with E-state index in [1.807, 2.05) is 18.2 Å². The summed E-state index contributed by atoms with van der Waals surface area (Å²) in [6.45, 7) is 7.72. The zero-order valence-electron chi connectivity index (χ0n) is 12.6. The van der Waals surface area contributed by atoms with E-state index in [9.17, 15) is 4.79 Å². The number of benzene rings is 1. The zero-order chi connectivity index (χ0) is 14.6. The van der Waals surface area contributed by atoms with Gasteiger partial charge in [-0.2, -0.15) is 0 Å². The van der Waals surface area contributed by atoms with Crippen molar-refractivity contribution in [1.82, 2.24) is 5.32 Å². The van der Waals surface area contributed by atoms with Crippen molar-refractivity contribution < 1.29 is 9.53 Å². The van der Waals surface area contributed by atoms with Crippen molar-refractivity contribution in [2.24, 2.45) is 0 Å².